The van der Waals surface area contributed by atoms with E-state index in [1.165, 1.54) is 64.2 Å². The molecule has 2 nitrogen and oxygen atoms in total. The quantitative estimate of drug-likeness (QED) is 0.154. The Bertz CT molecular complexity index is 1070. The predicted octanol–water partition coefficient (Wildman–Crippen LogP) is 10.2. The Morgan fingerprint density at radius 3 is 1.80 bits per heavy atom. The van der Waals surface area contributed by atoms with Gasteiger partial charge in [-0.1, -0.05) is 118 Å². The third kappa shape index (κ3) is 7.98. The second kappa shape index (κ2) is 14.6. The van der Waals surface area contributed by atoms with Gasteiger partial charge in [0.1, 0.15) is 0 Å². The molecule has 0 saturated carbocycles. The fourth-order valence-electron chi connectivity index (χ4n) is 4.96. The Morgan fingerprint density at radius 2 is 1.20 bits per heavy atom. The fourth-order valence-corrected chi connectivity index (χ4v) is 5.55. The van der Waals surface area contributed by atoms with Crippen molar-refractivity contribution in [3.8, 4) is 0 Å². The van der Waals surface area contributed by atoms with E-state index >= 15 is 0 Å². The van der Waals surface area contributed by atoms with Crippen LogP contribution in [0.4, 0.5) is 0 Å². The van der Waals surface area contributed by atoms with Crippen molar-refractivity contribution in [3.05, 3.63) is 57.0 Å². The molecule has 1 atom stereocenters. The van der Waals surface area contributed by atoms with Gasteiger partial charge in [0, 0.05) is 17.0 Å². The Labute approximate surface area is 226 Å². The molecule has 5 heteroatoms. The van der Waals surface area contributed by atoms with E-state index in [0.29, 0.717) is 21.6 Å². The number of fused-ring (bicyclic) bond motifs is 3. The number of rotatable bonds is 15. The average Bonchev–Trinajstić information content (AvgIpc) is 2.84. The van der Waals surface area contributed by atoms with Gasteiger partial charge in [0.05, 0.1) is 16.1 Å². The molecule has 192 valence electrons. The van der Waals surface area contributed by atoms with Crippen LogP contribution in [0, 0.1) is 0 Å². The van der Waals surface area contributed by atoms with E-state index < -0.39 is 6.10 Å². The normalized spacial score (nSPS) is 12.8. The third-order valence-electron chi connectivity index (χ3n) is 6.96. The minimum Gasteiger partial charge on any atom is -0.387 e. The highest BCUT2D eigenvalue weighted by atomic mass is 35.5. The highest BCUT2D eigenvalue weighted by molar-refractivity contribution is 6.44. The van der Waals surface area contributed by atoms with Crippen LogP contribution >= 0.6 is 34.8 Å². The van der Waals surface area contributed by atoms with E-state index in [2.05, 4.69) is 24.8 Å². The first kappa shape index (κ1) is 28.5. The smallest absolute Gasteiger partial charge is 0.0922 e. The van der Waals surface area contributed by atoms with Gasteiger partial charge in [-0.15, -0.1) is 0 Å². The van der Waals surface area contributed by atoms with Crippen LogP contribution in [0.3, 0.4) is 0 Å². The van der Waals surface area contributed by atoms with Crippen molar-refractivity contribution in [1.82, 2.24) is 4.90 Å². The lowest BCUT2D eigenvalue weighted by Gasteiger charge is -2.26. The van der Waals surface area contributed by atoms with Gasteiger partial charge >= 0.3 is 0 Å². The number of hydrogen-bond acceptors (Lipinski definition) is 2. The Balaban J connectivity index is 1.80. The molecule has 0 heterocycles. The van der Waals surface area contributed by atoms with E-state index in [0.717, 1.165) is 40.2 Å². The van der Waals surface area contributed by atoms with E-state index in [-0.39, 0.29) is 0 Å². The summed E-state index contributed by atoms with van der Waals surface area (Å²) in [6.07, 6.45) is 12.0. The van der Waals surface area contributed by atoms with Crippen LogP contribution in [0.5, 0.6) is 0 Å². The molecule has 0 bridgehead atoms. The summed E-state index contributed by atoms with van der Waals surface area (Å²) in [5.41, 5.74) is 0.916. The molecule has 0 fully saturated rings. The zero-order chi connectivity index (χ0) is 25.2. The number of aliphatic hydroxyl groups is 1. The van der Waals surface area contributed by atoms with Gasteiger partial charge in [0.25, 0.3) is 0 Å². The van der Waals surface area contributed by atoms with Crippen LogP contribution in [-0.4, -0.2) is 29.6 Å². The van der Waals surface area contributed by atoms with Crippen molar-refractivity contribution >= 4 is 56.3 Å². The van der Waals surface area contributed by atoms with Crippen LogP contribution < -0.4 is 0 Å². The van der Waals surface area contributed by atoms with Crippen LogP contribution in [-0.2, 0) is 0 Å². The summed E-state index contributed by atoms with van der Waals surface area (Å²) in [5.74, 6) is 0. The summed E-state index contributed by atoms with van der Waals surface area (Å²) >= 11 is 19.3. The summed E-state index contributed by atoms with van der Waals surface area (Å²) in [7, 11) is 0. The average molecular weight is 537 g/mol. The molecule has 0 amide bonds. The molecule has 0 aliphatic heterocycles. The standard InChI is InChI=1S/C30H40Cl3NO/c1-3-5-7-9-11-16-34(17-12-10-8-6-4-2)21-30(35)23-15-13-14-22-24(23)18-27(31)26-20-29(33)28(32)19-25(22)26/h13-15,18-20,30,35H,3-12,16-17,21H2,1-2H3. The maximum Gasteiger partial charge on any atom is 0.0922 e. The maximum absolute atomic E-state index is 11.4. The molecule has 0 saturated heterocycles. The van der Waals surface area contributed by atoms with Crippen molar-refractivity contribution < 1.29 is 5.11 Å². The zero-order valence-corrected chi connectivity index (χ0v) is 23.5. The third-order valence-corrected chi connectivity index (χ3v) is 8.00. The van der Waals surface area contributed by atoms with Gasteiger partial charge in [-0.2, -0.15) is 0 Å². The molecule has 35 heavy (non-hydrogen) atoms. The second-order valence-corrected chi connectivity index (χ2v) is 11.0. The molecule has 0 aliphatic carbocycles. The first-order chi connectivity index (χ1) is 17.0. The van der Waals surface area contributed by atoms with Crippen molar-refractivity contribution in [3.63, 3.8) is 0 Å². The second-order valence-electron chi connectivity index (χ2n) is 9.76. The molecular weight excluding hydrogens is 497 g/mol. The largest absolute Gasteiger partial charge is 0.387 e. The SMILES string of the molecule is CCCCCCCN(CCCCCCC)CC(O)c1cccc2c1cc(Cl)c1cc(Cl)c(Cl)cc12. The lowest BCUT2D eigenvalue weighted by atomic mass is 9.95. The molecule has 3 aromatic carbocycles. The van der Waals surface area contributed by atoms with Crippen molar-refractivity contribution in [1.29, 1.82) is 0 Å². The van der Waals surface area contributed by atoms with Crippen LogP contribution in [0.2, 0.25) is 15.1 Å². The van der Waals surface area contributed by atoms with E-state index in [4.69, 9.17) is 34.8 Å². The summed E-state index contributed by atoms with van der Waals surface area (Å²) in [6, 6.07) is 11.8. The summed E-state index contributed by atoms with van der Waals surface area (Å²) in [4.78, 5) is 2.46. The van der Waals surface area contributed by atoms with Gasteiger partial charge in [0.15, 0.2) is 0 Å². The Kier molecular flexibility index (Phi) is 11.9. The molecular formula is C30H40Cl3NO. The van der Waals surface area contributed by atoms with Gasteiger partial charge in [-0.25, -0.2) is 0 Å². The number of hydrogen-bond donors (Lipinski definition) is 1. The summed E-state index contributed by atoms with van der Waals surface area (Å²) < 4.78 is 0. The molecule has 0 aromatic heterocycles. The van der Waals surface area contributed by atoms with Crippen LogP contribution in [0.25, 0.3) is 21.5 Å². The van der Waals surface area contributed by atoms with E-state index in [1.54, 1.807) is 0 Å². The number of unbranched alkanes of at least 4 members (excludes halogenated alkanes) is 8. The molecule has 0 aliphatic rings. The van der Waals surface area contributed by atoms with Gasteiger partial charge in [0.2, 0.25) is 0 Å². The number of benzene rings is 3. The first-order valence-corrected chi connectivity index (χ1v) is 14.5. The van der Waals surface area contributed by atoms with Crippen molar-refractivity contribution in [2.75, 3.05) is 19.6 Å². The highest BCUT2D eigenvalue weighted by Crippen LogP contribution is 2.39. The fraction of sp³-hybridized carbons (Fsp3) is 0.533. The number of nitrogens with zero attached hydrogens (tertiary/aromatic N) is 1. The molecule has 3 rings (SSSR count). The molecule has 1 N–H and O–H groups in total. The predicted molar refractivity (Wildman–Crippen MR) is 155 cm³/mol. The molecule has 3 aromatic rings. The van der Waals surface area contributed by atoms with E-state index in [9.17, 15) is 5.11 Å². The maximum atomic E-state index is 11.4. The van der Waals surface area contributed by atoms with E-state index in [1.807, 2.05) is 30.3 Å². The lowest BCUT2D eigenvalue weighted by Crippen LogP contribution is -2.31. The first-order valence-electron chi connectivity index (χ1n) is 13.4. The Morgan fingerprint density at radius 1 is 0.657 bits per heavy atom. The van der Waals surface area contributed by atoms with Crippen molar-refractivity contribution in [2.24, 2.45) is 0 Å². The minimum absolute atomic E-state index is 0.491. The van der Waals surface area contributed by atoms with Gasteiger partial charge in [-0.3, -0.25) is 0 Å². The number of halogens is 3. The van der Waals surface area contributed by atoms with Gasteiger partial charge in [-0.05, 0) is 65.9 Å². The Hall–Kier alpha value is -1.03. The summed E-state index contributed by atoms with van der Waals surface area (Å²) in [6.45, 7) is 7.22. The highest BCUT2D eigenvalue weighted by Gasteiger charge is 2.18. The van der Waals surface area contributed by atoms with Crippen LogP contribution in [0.15, 0.2) is 36.4 Å². The minimum atomic E-state index is -0.582. The molecule has 1 unspecified atom stereocenters. The van der Waals surface area contributed by atoms with Crippen LogP contribution in [0.1, 0.15) is 89.7 Å². The van der Waals surface area contributed by atoms with Crippen molar-refractivity contribution in [2.45, 2.75) is 84.2 Å². The molecule has 0 spiro atoms. The van der Waals surface area contributed by atoms with Gasteiger partial charge < -0.3 is 10.0 Å². The number of aliphatic hydroxyl groups excluding tert-OH is 1. The lowest BCUT2D eigenvalue weighted by molar-refractivity contribution is 0.111. The monoisotopic (exact) mass is 535 g/mol. The molecule has 0 radical (unpaired) electrons. The topological polar surface area (TPSA) is 23.5 Å². The zero-order valence-electron chi connectivity index (χ0n) is 21.3. The summed E-state index contributed by atoms with van der Waals surface area (Å²) in [5, 5.41) is 16.9.